The molecule has 1 saturated heterocycles. The molecule has 5 nitrogen and oxygen atoms in total. The number of likely N-dealkylation sites (tertiary alicyclic amines) is 1. The van der Waals surface area contributed by atoms with Gasteiger partial charge in [-0.15, -0.1) is 0 Å². The summed E-state index contributed by atoms with van der Waals surface area (Å²) in [7, 11) is 0. The van der Waals surface area contributed by atoms with Gasteiger partial charge in [-0.2, -0.15) is 0 Å². The quantitative estimate of drug-likeness (QED) is 0.915. The molecule has 0 aromatic carbocycles. The minimum absolute atomic E-state index is 0.0881. The predicted octanol–water partition coefficient (Wildman–Crippen LogP) is 3.18. The predicted molar refractivity (Wildman–Crippen MR) is 70.6 cm³/mol. The van der Waals surface area contributed by atoms with Crippen LogP contribution < -0.4 is 5.32 Å². The first-order chi connectivity index (χ1) is 9.75. The van der Waals surface area contributed by atoms with E-state index in [1.807, 2.05) is 6.07 Å². The first-order valence-corrected chi connectivity index (χ1v) is 6.46. The molecule has 2 aromatic heterocycles. The molecule has 1 N–H and O–H groups in total. The number of hydrogen-bond acceptors (Lipinski definition) is 3. The highest BCUT2D eigenvalue weighted by Gasteiger charge is 2.32. The van der Waals surface area contributed by atoms with Crippen LogP contribution in [0.5, 0.6) is 0 Å². The molecular weight excluding hydrogens is 261 g/mol. The Kier molecular flexibility index (Phi) is 3.37. The van der Waals surface area contributed by atoms with E-state index in [0.29, 0.717) is 6.54 Å². The van der Waals surface area contributed by atoms with E-state index < -0.39 is 5.82 Å². The van der Waals surface area contributed by atoms with Crippen molar-refractivity contribution in [2.75, 3.05) is 11.9 Å². The highest BCUT2D eigenvalue weighted by atomic mass is 19.1. The molecule has 3 rings (SSSR count). The molecule has 1 fully saturated rings. The summed E-state index contributed by atoms with van der Waals surface area (Å²) in [5, 5.41) is 2.57. The van der Waals surface area contributed by atoms with Crippen LogP contribution in [0.1, 0.15) is 24.6 Å². The van der Waals surface area contributed by atoms with Gasteiger partial charge in [0.1, 0.15) is 5.76 Å². The highest BCUT2D eigenvalue weighted by Crippen LogP contribution is 2.32. The molecule has 0 aliphatic carbocycles. The van der Waals surface area contributed by atoms with E-state index >= 15 is 0 Å². The number of urea groups is 1. The maximum atomic E-state index is 13.5. The van der Waals surface area contributed by atoms with Crippen molar-refractivity contribution in [1.82, 2.24) is 9.88 Å². The SMILES string of the molecule is O=C(Nc1ccncc1F)N1CCCC1c1ccco1. The fraction of sp³-hybridized carbons (Fsp3) is 0.286. The van der Waals surface area contributed by atoms with Gasteiger partial charge in [-0.1, -0.05) is 0 Å². The Bertz CT molecular complexity index is 600. The molecule has 104 valence electrons. The smallest absolute Gasteiger partial charge is 0.322 e. The normalized spacial score (nSPS) is 18.2. The van der Waals surface area contributed by atoms with E-state index in [1.165, 1.54) is 12.3 Å². The maximum absolute atomic E-state index is 13.5. The van der Waals surface area contributed by atoms with E-state index in [9.17, 15) is 9.18 Å². The summed E-state index contributed by atoms with van der Waals surface area (Å²) in [5.74, 6) is 0.211. The molecule has 2 amide bonds. The van der Waals surface area contributed by atoms with Gasteiger partial charge in [-0.05, 0) is 31.0 Å². The van der Waals surface area contributed by atoms with Gasteiger partial charge in [0, 0.05) is 12.7 Å². The molecule has 1 atom stereocenters. The van der Waals surface area contributed by atoms with Crippen molar-refractivity contribution in [1.29, 1.82) is 0 Å². The Labute approximate surface area is 115 Å². The van der Waals surface area contributed by atoms with Gasteiger partial charge < -0.3 is 14.6 Å². The summed E-state index contributed by atoms with van der Waals surface area (Å²) in [4.78, 5) is 17.6. The third-order valence-electron chi connectivity index (χ3n) is 3.40. The topological polar surface area (TPSA) is 58.4 Å². The van der Waals surface area contributed by atoms with Crippen molar-refractivity contribution < 1.29 is 13.6 Å². The Morgan fingerprint density at radius 1 is 1.50 bits per heavy atom. The third kappa shape index (κ3) is 2.36. The Hall–Kier alpha value is -2.37. The van der Waals surface area contributed by atoms with E-state index in [4.69, 9.17) is 4.42 Å². The zero-order valence-corrected chi connectivity index (χ0v) is 10.8. The fourth-order valence-electron chi connectivity index (χ4n) is 2.45. The molecule has 3 heterocycles. The number of aromatic nitrogens is 1. The number of amides is 2. The molecule has 6 heteroatoms. The van der Waals surface area contributed by atoms with Crippen LogP contribution in [0.4, 0.5) is 14.9 Å². The lowest BCUT2D eigenvalue weighted by molar-refractivity contribution is 0.199. The number of nitrogens with one attached hydrogen (secondary N) is 1. The van der Waals surface area contributed by atoms with Gasteiger partial charge >= 0.3 is 6.03 Å². The summed E-state index contributed by atoms with van der Waals surface area (Å²) in [6, 6.07) is 4.67. The monoisotopic (exact) mass is 275 g/mol. The second kappa shape index (κ2) is 5.32. The zero-order chi connectivity index (χ0) is 13.9. The van der Waals surface area contributed by atoms with Crippen LogP contribution in [-0.2, 0) is 0 Å². The van der Waals surface area contributed by atoms with Crippen molar-refractivity contribution in [2.45, 2.75) is 18.9 Å². The molecular formula is C14H14FN3O2. The number of carbonyl (C=O) groups excluding carboxylic acids is 1. The molecule has 0 spiro atoms. The van der Waals surface area contributed by atoms with Crippen LogP contribution in [-0.4, -0.2) is 22.5 Å². The summed E-state index contributed by atoms with van der Waals surface area (Å²) >= 11 is 0. The summed E-state index contributed by atoms with van der Waals surface area (Å²) in [6.45, 7) is 0.629. The lowest BCUT2D eigenvalue weighted by atomic mass is 10.2. The van der Waals surface area contributed by atoms with E-state index in [1.54, 1.807) is 17.2 Å². The molecule has 0 bridgehead atoms. The minimum atomic E-state index is -0.547. The van der Waals surface area contributed by atoms with Crippen molar-refractivity contribution in [3.05, 3.63) is 48.4 Å². The number of halogens is 1. The van der Waals surface area contributed by atoms with Crippen molar-refractivity contribution in [2.24, 2.45) is 0 Å². The maximum Gasteiger partial charge on any atom is 0.322 e. The number of hydrogen-bond donors (Lipinski definition) is 1. The zero-order valence-electron chi connectivity index (χ0n) is 10.8. The molecule has 1 aliphatic heterocycles. The molecule has 2 aromatic rings. The number of carbonyl (C=O) groups is 1. The van der Waals surface area contributed by atoms with Gasteiger partial charge in [-0.25, -0.2) is 9.18 Å². The number of furan rings is 1. The van der Waals surface area contributed by atoms with Crippen LogP contribution in [0.2, 0.25) is 0 Å². The average Bonchev–Trinajstić information content (AvgIpc) is 3.11. The second-order valence-electron chi connectivity index (χ2n) is 4.65. The fourth-order valence-corrected chi connectivity index (χ4v) is 2.45. The van der Waals surface area contributed by atoms with E-state index in [0.717, 1.165) is 24.8 Å². The molecule has 1 unspecified atom stereocenters. The second-order valence-corrected chi connectivity index (χ2v) is 4.65. The van der Waals surface area contributed by atoms with Gasteiger partial charge in [-0.3, -0.25) is 4.98 Å². The van der Waals surface area contributed by atoms with Crippen LogP contribution in [0.15, 0.2) is 41.3 Å². The van der Waals surface area contributed by atoms with Crippen molar-refractivity contribution in [3.8, 4) is 0 Å². The standard InChI is InChI=1S/C14H14FN3O2/c15-10-9-16-6-5-11(10)17-14(19)18-7-1-3-12(18)13-4-2-8-20-13/h2,4-6,8-9,12H,1,3,7H2,(H,16,17,19). The molecule has 0 radical (unpaired) electrons. The summed E-state index contributed by atoms with van der Waals surface area (Å²) < 4.78 is 18.9. The Balaban J connectivity index is 1.75. The molecule has 0 saturated carbocycles. The largest absolute Gasteiger partial charge is 0.467 e. The van der Waals surface area contributed by atoms with Crippen LogP contribution in [0.25, 0.3) is 0 Å². The number of nitrogens with zero attached hydrogens (tertiary/aromatic N) is 2. The Morgan fingerprint density at radius 2 is 2.40 bits per heavy atom. The first kappa shape index (κ1) is 12.7. The van der Waals surface area contributed by atoms with Crippen molar-refractivity contribution >= 4 is 11.7 Å². The first-order valence-electron chi connectivity index (χ1n) is 6.46. The average molecular weight is 275 g/mol. The van der Waals surface area contributed by atoms with Gasteiger partial charge in [0.25, 0.3) is 0 Å². The van der Waals surface area contributed by atoms with Crippen LogP contribution in [0, 0.1) is 5.82 Å². The number of pyridine rings is 1. The van der Waals surface area contributed by atoms with Crippen molar-refractivity contribution in [3.63, 3.8) is 0 Å². The lowest BCUT2D eigenvalue weighted by Crippen LogP contribution is -2.34. The van der Waals surface area contributed by atoms with E-state index in [-0.39, 0.29) is 17.8 Å². The van der Waals surface area contributed by atoms with Gasteiger partial charge in [0.15, 0.2) is 5.82 Å². The third-order valence-corrected chi connectivity index (χ3v) is 3.40. The summed E-state index contributed by atoms with van der Waals surface area (Å²) in [6.07, 6.45) is 5.85. The van der Waals surface area contributed by atoms with Gasteiger partial charge in [0.2, 0.25) is 0 Å². The minimum Gasteiger partial charge on any atom is -0.467 e. The Morgan fingerprint density at radius 3 is 3.15 bits per heavy atom. The van der Waals surface area contributed by atoms with Crippen LogP contribution >= 0.6 is 0 Å². The number of rotatable bonds is 2. The molecule has 1 aliphatic rings. The summed E-state index contributed by atoms with van der Waals surface area (Å²) in [5.41, 5.74) is 0.134. The van der Waals surface area contributed by atoms with E-state index in [2.05, 4.69) is 10.3 Å². The lowest BCUT2D eigenvalue weighted by Gasteiger charge is -2.23. The van der Waals surface area contributed by atoms with Crippen LogP contribution in [0.3, 0.4) is 0 Å². The van der Waals surface area contributed by atoms with Gasteiger partial charge in [0.05, 0.1) is 24.2 Å². The highest BCUT2D eigenvalue weighted by molar-refractivity contribution is 5.89. The molecule has 20 heavy (non-hydrogen) atoms. The number of anilines is 1.